The molecule has 17 heavy (non-hydrogen) atoms. The molecule has 0 aromatic carbocycles. The summed E-state index contributed by atoms with van der Waals surface area (Å²) in [6.07, 6.45) is 2.57. The predicted octanol–water partition coefficient (Wildman–Crippen LogP) is -0.585. The zero-order chi connectivity index (χ0) is 12.9. The molecule has 0 radical (unpaired) electrons. The van der Waals surface area contributed by atoms with E-state index in [2.05, 4.69) is 10.6 Å². The van der Waals surface area contributed by atoms with E-state index < -0.39 is 5.60 Å². The molecule has 1 aliphatic rings. The highest BCUT2D eigenvalue weighted by molar-refractivity contribution is 5.78. The van der Waals surface area contributed by atoms with Gasteiger partial charge in [0.15, 0.2) is 0 Å². The summed E-state index contributed by atoms with van der Waals surface area (Å²) in [7, 11) is 3.79. The number of nitrogens with zero attached hydrogens (tertiary/aromatic N) is 1. The lowest BCUT2D eigenvalue weighted by Crippen LogP contribution is -2.48. The molecule has 100 valence electrons. The summed E-state index contributed by atoms with van der Waals surface area (Å²) in [6.45, 7) is 3.82. The van der Waals surface area contributed by atoms with Crippen LogP contribution in [0.3, 0.4) is 0 Å². The van der Waals surface area contributed by atoms with Crippen molar-refractivity contribution in [2.24, 2.45) is 5.92 Å². The third kappa shape index (κ3) is 7.31. The van der Waals surface area contributed by atoms with E-state index in [1.165, 1.54) is 12.8 Å². The van der Waals surface area contributed by atoms with Crippen LogP contribution in [0.2, 0.25) is 0 Å². The Hall–Kier alpha value is -0.650. The third-order valence-electron chi connectivity index (χ3n) is 2.74. The Kier molecular flexibility index (Phi) is 5.36. The molecule has 3 N–H and O–H groups in total. The van der Waals surface area contributed by atoms with Gasteiger partial charge < -0.3 is 20.6 Å². The summed E-state index contributed by atoms with van der Waals surface area (Å²) in [5.41, 5.74) is -0.879. The van der Waals surface area contributed by atoms with Gasteiger partial charge in [-0.1, -0.05) is 0 Å². The average Bonchev–Trinajstić information content (AvgIpc) is 2.97. The van der Waals surface area contributed by atoms with Crippen LogP contribution in [-0.4, -0.2) is 61.8 Å². The Morgan fingerprint density at radius 3 is 2.65 bits per heavy atom. The molecule has 0 spiro atoms. The number of hydrogen-bond acceptors (Lipinski definition) is 4. The van der Waals surface area contributed by atoms with Crippen molar-refractivity contribution in [2.45, 2.75) is 25.4 Å². The maximum atomic E-state index is 11.5. The van der Waals surface area contributed by atoms with Crippen LogP contribution in [0.25, 0.3) is 0 Å². The highest BCUT2D eigenvalue weighted by atomic mass is 16.3. The average molecular weight is 243 g/mol. The van der Waals surface area contributed by atoms with E-state index in [1.54, 1.807) is 6.92 Å². The number of hydrogen-bond donors (Lipinski definition) is 3. The lowest BCUT2D eigenvalue weighted by molar-refractivity contribution is -0.121. The predicted molar refractivity (Wildman–Crippen MR) is 67.8 cm³/mol. The van der Waals surface area contributed by atoms with Crippen molar-refractivity contribution >= 4 is 5.91 Å². The monoisotopic (exact) mass is 243 g/mol. The van der Waals surface area contributed by atoms with Gasteiger partial charge >= 0.3 is 0 Å². The van der Waals surface area contributed by atoms with Gasteiger partial charge in [0.1, 0.15) is 0 Å². The van der Waals surface area contributed by atoms with Crippen LogP contribution < -0.4 is 10.6 Å². The summed E-state index contributed by atoms with van der Waals surface area (Å²) in [4.78, 5) is 13.4. The van der Waals surface area contributed by atoms with Crippen molar-refractivity contribution in [1.29, 1.82) is 0 Å². The van der Waals surface area contributed by atoms with Crippen molar-refractivity contribution in [3.63, 3.8) is 0 Å². The first-order valence-corrected chi connectivity index (χ1v) is 6.23. The molecular formula is C12H25N3O2. The van der Waals surface area contributed by atoms with E-state index in [9.17, 15) is 9.90 Å². The molecule has 1 unspecified atom stereocenters. The Labute approximate surface area is 104 Å². The fourth-order valence-corrected chi connectivity index (χ4v) is 1.80. The molecule has 1 fully saturated rings. The number of carbonyl (C=O) groups is 1. The maximum absolute atomic E-state index is 11.5. The molecule has 1 saturated carbocycles. The standard InChI is InChI=1S/C12H25N3O2/c1-12(17,9-15(2)3)8-14-11(16)7-13-6-10-4-5-10/h10,13,17H,4-9H2,1-3H3,(H,14,16). The summed E-state index contributed by atoms with van der Waals surface area (Å²) >= 11 is 0. The maximum Gasteiger partial charge on any atom is 0.234 e. The second kappa shape index (κ2) is 6.33. The number of rotatable bonds is 8. The van der Waals surface area contributed by atoms with Crippen LogP contribution in [-0.2, 0) is 4.79 Å². The minimum Gasteiger partial charge on any atom is -0.387 e. The van der Waals surface area contributed by atoms with Crippen LogP contribution in [0.1, 0.15) is 19.8 Å². The lowest BCUT2D eigenvalue weighted by atomic mass is 10.1. The van der Waals surface area contributed by atoms with Gasteiger partial charge in [0.2, 0.25) is 5.91 Å². The van der Waals surface area contributed by atoms with Gasteiger partial charge in [-0.15, -0.1) is 0 Å². The van der Waals surface area contributed by atoms with E-state index in [0.717, 1.165) is 12.5 Å². The van der Waals surface area contributed by atoms with E-state index in [1.807, 2.05) is 19.0 Å². The minimum atomic E-state index is -0.879. The van der Waals surface area contributed by atoms with Crippen molar-refractivity contribution in [3.8, 4) is 0 Å². The van der Waals surface area contributed by atoms with E-state index in [-0.39, 0.29) is 12.5 Å². The fraction of sp³-hybridized carbons (Fsp3) is 0.917. The number of likely N-dealkylation sites (N-methyl/N-ethyl adjacent to an activating group) is 1. The van der Waals surface area contributed by atoms with Crippen molar-refractivity contribution in [1.82, 2.24) is 15.5 Å². The molecule has 5 nitrogen and oxygen atoms in total. The van der Waals surface area contributed by atoms with Gasteiger partial charge in [0, 0.05) is 13.1 Å². The second-order valence-corrected chi connectivity index (χ2v) is 5.59. The molecule has 0 aromatic rings. The van der Waals surface area contributed by atoms with Crippen LogP contribution in [0.4, 0.5) is 0 Å². The smallest absolute Gasteiger partial charge is 0.234 e. The largest absolute Gasteiger partial charge is 0.387 e. The van der Waals surface area contributed by atoms with E-state index in [0.29, 0.717) is 13.1 Å². The van der Waals surface area contributed by atoms with Crippen LogP contribution in [0.15, 0.2) is 0 Å². The summed E-state index contributed by atoms with van der Waals surface area (Å²) in [6, 6.07) is 0. The second-order valence-electron chi connectivity index (χ2n) is 5.59. The Bertz CT molecular complexity index is 250. The number of nitrogens with one attached hydrogen (secondary N) is 2. The fourth-order valence-electron chi connectivity index (χ4n) is 1.80. The van der Waals surface area contributed by atoms with Crippen molar-refractivity contribution < 1.29 is 9.90 Å². The quantitative estimate of drug-likeness (QED) is 0.533. The number of amides is 1. The topological polar surface area (TPSA) is 64.6 Å². The number of carbonyl (C=O) groups excluding carboxylic acids is 1. The molecule has 0 saturated heterocycles. The van der Waals surface area contributed by atoms with Crippen LogP contribution in [0.5, 0.6) is 0 Å². The molecular weight excluding hydrogens is 218 g/mol. The molecule has 0 aromatic heterocycles. The summed E-state index contributed by atoms with van der Waals surface area (Å²) < 4.78 is 0. The first kappa shape index (κ1) is 14.4. The zero-order valence-electron chi connectivity index (χ0n) is 11.1. The molecule has 1 aliphatic carbocycles. The highest BCUT2D eigenvalue weighted by Crippen LogP contribution is 2.27. The molecule has 0 bridgehead atoms. The van der Waals surface area contributed by atoms with Gasteiger partial charge in [-0.25, -0.2) is 0 Å². The zero-order valence-corrected chi connectivity index (χ0v) is 11.1. The van der Waals surface area contributed by atoms with Crippen LogP contribution >= 0.6 is 0 Å². The van der Waals surface area contributed by atoms with E-state index in [4.69, 9.17) is 0 Å². The SMILES string of the molecule is CN(C)CC(C)(O)CNC(=O)CNCC1CC1. The lowest BCUT2D eigenvalue weighted by Gasteiger charge is -2.27. The molecule has 0 aliphatic heterocycles. The molecule has 1 amide bonds. The van der Waals surface area contributed by atoms with Gasteiger partial charge in [-0.3, -0.25) is 4.79 Å². The van der Waals surface area contributed by atoms with Gasteiger partial charge in [0.25, 0.3) is 0 Å². The van der Waals surface area contributed by atoms with Gasteiger partial charge in [-0.2, -0.15) is 0 Å². The molecule has 0 heterocycles. The van der Waals surface area contributed by atoms with Gasteiger partial charge in [0.05, 0.1) is 12.1 Å². The summed E-state index contributed by atoms with van der Waals surface area (Å²) in [5.74, 6) is 0.726. The van der Waals surface area contributed by atoms with E-state index >= 15 is 0 Å². The molecule has 1 atom stereocenters. The van der Waals surface area contributed by atoms with Gasteiger partial charge in [-0.05, 0) is 46.3 Å². The highest BCUT2D eigenvalue weighted by Gasteiger charge is 2.23. The van der Waals surface area contributed by atoms with Crippen molar-refractivity contribution in [2.75, 3.05) is 40.3 Å². The Morgan fingerprint density at radius 1 is 1.47 bits per heavy atom. The van der Waals surface area contributed by atoms with Crippen LogP contribution in [0, 0.1) is 5.92 Å². The Balaban J connectivity index is 2.08. The Morgan fingerprint density at radius 2 is 2.12 bits per heavy atom. The number of aliphatic hydroxyl groups is 1. The minimum absolute atomic E-state index is 0.0512. The summed E-state index contributed by atoms with van der Waals surface area (Å²) in [5, 5.41) is 15.8. The third-order valence-corrected chi connectivity index (χ3v) is 2.74. The first-order valence-electron chi connectivity index (χ1n) is 6.23. The molecule has 5 heteroatoms. The molecule has 1 rings (SSSR count). The normalized spacial score (nSPS) is 19.1. The first-order chi connectivity index (χ1) is 7.89. The van der Waals surface area contributed by atoms with Crippen molar-refractivity contribution in [3.05, 3.63) is 0 Å².